The van der Waals surface area contributed by atoms with Crippen molar-refractivity contribution in [2.45, 2.75) is 19.4 Å². The summed E-state index contributed by atoms with van der Waals surface area (Å²) in [6.07, 6.45) is 0.779. The van der Waals surface area contributed by atoms with Crippen molar-refractivity contribution in [1.82, 2.24) is 5.32 Å². The van der Waals surface area contributed by atoms with Crippen molar-refractivity contribution in [1.29, 1.82) is 0 Å². The summed E-state index contributed by atoms with van der Waals surface area (Å²) in [6.45, 7) is 3.18. The minimum Gasteiger partial charge on any atom is -0.493 e. The van der Waals surface area contributed by atoms with Gasteiger partial charge in [0.1, 0.15) is 0 Å². The molecule has 0 heterocycles. The Morgan fingerprint density at radius 1 is 1.23 bits per heavy atom. The van der Waals surface area contributed by atoms with Crippen LogP contribution in [0.5, 0.6) is 11.5 Å². The third-order valence-corrected chi connectivity index (χ3v) is 2.94. The van der Waals surface area contributed by atoms with Gasteiger partial charge in [0.05, 0.1) is 20.8 Å². The van der Waals surface area contributed by atoms with Crippen molar-refractivity contribution in [3.63, 3.8) is 0 Å². The molecule has 22 heavy (non-hydrogen) atoms. The number of aliphatic imine (C=N–C) groups is 1. The number of nitrogens with one attached hydrogen (secondary N) is 1. The van der Waals surface area contributed by atoms with E-state index in [0.717, 1.165) is 23.5 Å². The molecule has 0 amide bonds. The minimum absolute atomic E-state index is 0. The number of methoxy groups -OCH3 is 3. The highest BCUT2D eigenvalue weighted by Gasteiger charge is 2.05. The smallest absolute Gasteiger partial charge is 0.188 e. The fraction of sp³-hybridized carbons (Fsp3) is 0.533. The van der Waals surface area contributed by atoms with Crippen LogP contribution in [0, 0.1) is 0 Å². The van der Waals surface area contributed by atoms with Gasteiger partial charge in [-0.2, -0.15) is 0 Å². The van der Waals surface area contributed by atoms with E-state index in [4.69, 9.17) is 19.9 Å². The summed E-state index contributed by atoms with van der Waals surface area (Å²) >= 11 is 0. The summed E-state index contributed by atoms with van der Waals surface area (Å²) in [6, 6.07) is 5.97. The van der Waals surface area contributed by atoms with Crippen LogP contribution in [0.3, 0.4) is 0 Å². The van der Waals surface area contributed by atoms with Crippen molar-refractivity contribution in [3.8, 4) is 11.5 Å². The zero-order valence-electron chi connectivity index (χ0n) is 13.6. The number of hydrogen-bond donors (Lipinski definition) is 2. The zero-order valence-corrected chi connectivity index (χ0v) is 15.9. The summed E-state index contributed by atoms with van der Waals surface area (Å²) in [5.41, 5.74) is 6.93. The normalized spacial score (nSPS) is 12.3. The fourth-order valence-corrected chi connectivity index (χ4v) is 1.93. The lowest BCUT2D eigenvalue weighted by atomic mass is 10.1. The van der Waals surface area contributed by atoms with E-state index in [0.29, 0.717) is 19.1 Å². The molecule has 0 aromatic heterocycles. The average Bonchev–Trinajstić information content (AvgIpc) is 2.47. The lowest BCUT2D eigenvalue weighted by Crippen LogP contribution is -2.40. The number of nitrogens with zero attached hydrogens (tertiary/aromatic N) is 1. The Balaban J connectivity index is 0.00000441. The second kappa shape index (κ2) is 11.4. The van der Waals surface area contributed by atoms with Crippen LogP contribution >= 0.6 is 24.0 Å². The Bertz CT molecular complexity index is 469. The molecule has 0 aliphatic heterocycles. The Kier molecular flexibility index (Phi) is 10.7. The lowest BCUT2D eigenvalue weighted by Gasteiger charge is -2.13. The number of ether oxygens (including phenoxy) is 3. The predicted molar refractivity (Wildman–Crippen MR) is 99.6 cm³/mol. The standard InChI is InChI=1S/C15H25N3O3.HI/c1-11(10-19-2)18-15(16)17-8-7-12-5-6-13(20-3)14(9-12)21-4;/h5-6,9,11H,7-8,10H2,1-4H3,(H3,16,17,18);1H. The number of guanidine groups is 1. The van der Waals surface area contributed by atoms with Crippen LogP contribution in [0.2, 0.25) is 0 Å². The van der Waals surface area contributed by atoms with Gasteiger partial charge in [-0.05, 0) is 31.0 Å². The zero-order chi connectivity index (χ0) is 15.7. The number of hydrogen-bond acceptors (Lipinski definition) is 4. The van der Waals surface area contributed by atoms with Crippen LogP contribution in [0.4, 0.5) is 0 Å². The van der Waals surface area contributed by atoms with Crippen LogP contribution < -0.4 is 20.5 Å². The third kappa shape index (κ3) is 7.17. The van der Waals surface area contributed by atoms with Gasteiger partial charge in [-0.1, -0.05) is 6.07 Å². The van der Waals surface area contributed by atoms with Crippen molar-refractivity contribution >= 4 is 29.9 Å². The Morgan fingerprint density at radius 3 is 2.50 bits per heavy atom. The fourth-order valence-electron chi connectivity index (χ4n) is 1.93. The van der Waals surface area contributed by atoms with Gasteiger partial charge < -0.3 is 25.3 Å². The molecule has 1 rings (SSSR count). The third-order valence-electron chi connectivity index (χ3n) is 2.94. The highest BCUT2D eigenvalue weighted by atomic mass is 127. The summed E-state index contributed by atoms with van der Waals surface area (Å²) < 4.78 is 15.5. The first-order valence-corrected chi connectivity index (χ1v) is 6.87. The Hall–Kier alpha value is -1.22. The second-order valence-electron chi connectivity index (χ2n) is 4.71. The SMILES string of the molecule is COCC(C)NC(N)=NCCc1ccc(OC)c(OC)c1.I. The van der Waals surface area contributed by atoms with E-state index < -0.39 is 0 Å². The summed E-state index contributed by atoms with van der Waals surface area (Å²) in [5, 5.41) is 3.07. The van der Waals surface area contributed by atoms with E-state index in [9.17, 15) is 0 Å². The lowest BCUT2D eigenvalue weighted by molar-refractivity contribution is 0.179. The van der Waals surface area contributed by atoms with Gasteiger partial charge in [0.15, 0.2) is 17.5 Å². The highest BCUT2D eigenvalue weighted by molar-refractivity contribution is 14.0. The molecule has 6 nitrogen and oxygen atoms in total. The molecule has 0 aliphatic rings. The molecule has 0 bridgehead atoms. The second-order valence-corrected chi connectivity index (χ2v) is 4.71. The number of benzene rings is 1. The molecule has 0 fully saturated rings. The van der Waals surface area contributed by atoms with Crippen LogP contribution in [-0.4, -0.2) is 46.5 Å². The number of rotatable bonds is 8. The highest BCUT2D eigenvalue weighted by Crippen LogP contribution is 2.27. The van der Waals surface area contributed by atoms with Gasteiger partial charge in [-0.15, -0.1) is 24.0 Å². The molecular weight excluding hydrogens is 397 g/mol. The van der Waals surface area contributed by atoms with E-state index in [-0.39, 0.29) is 30.0 Å². The van der Waals surface area contributed by atoms with Gasteiger partial charge in [-0.25, -0.2) is 0 Å². The van der Waals surface area contributed by atoms with Gasteiger partial charge in [0.2, 0.25) is 0 Å². The van der Waals surface area contributed by atoms with E-state index in [1.54, 1.807) is 21.3 Å². The molecule has 1 unspecified atom stereocenters. The van der Waals surface area contributed by atoms with Crippen molar-refractivity contribution < 1.29 is 14.2 Å². The molecule has 1 aromatic carbocycles. The van der Waals surface area contributed by atoms with E-state index in [1.807, 2.05) is 25.1 Å². The van der Waals surface area contributed by atoms with Crippen LogP contribution in [-0.2, 0) is 11.2 Å². The van der Waals surface area contributed by atoms with Crippen molar-refractivity contribution in [2.75, 3.05) is 34.5 Å². The molecule has 1 atom stereocenters. The minimum atomic E-state index is 0. The number of nitrogens with two attached hydrogens (primary N) is 1. The largest absolute Gasteiger partial charge is 0.493 e. The Labute approximate surface area is 149 Å². The van der Waals surface area contributed by atoms with Crippen LogP contribution in [0.1, 0.15) is 12.5 Å². The quantitative estimate of drug-likeness (QED) is 0.379. The average molecular weight is 423 g/mol. The molecular formula is C15H26IN3O3. The van der Waals surface area contributed by atoms with Crippen LogP contribution in [0.15, 0.2) is 23.2 Å². The summed E-state index contributed by atoms with van der Waals surface area (Å²) in [7, 11) is 4.90. The van der Waals surface area contributed by atoms with E-state index >= 15 is 0 Å². The first kappa shape index (κ1) is 20.8. The molecule has 126 valence electrons. The molecule has 0 saturated heterocycles. The molecule has 1 aromatic rings. The first-order valence-electron chi connectivity index (χ1n) is 6.87. The number of halogens is 1. The molecule has 3 N–H and O–H groups in total. The van der Waals surface area contributed by atoms with Gasteiger partial charge in [0, 0.05) is 19.7 Å². The summed E-state index contributed by atoms with van der Waals surface area (Å²) in [4.78, 5) is 4.30. The molecule has 0 radical (unpaired) electrons. The Morgan fingerprint density at radius 2 is 1.91 bits per heavy atom. The molecule has 7 heteroatoms. The van der Waals surface area contributed by atoms with Gasteiger partial charge >= 0.3 is 0 Å². The maximum Gasteiger partial charge on any atom is 0.188 e. The van der Waals surface area contributed by atoms with Gasteiger partial charge in [0.25, 0.3) is 0 Å². The van der Waals surface area contributed by atoms with Gasteiger partial charge in [-0.3, -0.25) is 4.99 Å². The van der Waals surface area contributed by atoms with E-state index in [1.165, 1.54) is 0 Å². The first-order chi connectivity index (χ1) is 10.1. The topological polar surface area (TPSA) is 78.1 Å². The van der Waals surface area contributed by atoms with Crippen molar-refractivity contribution in [2.24, 2.45) is 10.7 Å². The molecule has 0 spiro atoms. The molecule has 0 aliphatic carbocycles. The predicted octanol–water partition coefficient (Wildman–Crippen LogP) is 1.80. The summed E-state index contributed by atoms with van der Waals surface area (Å²) in [5.74, 6) is 1.87. The maximum atomic E-state index is 5.81. The van der Waals surface area contributed by atoms with E-state index in [2.05, 4.69) is 10.3 Å². The monoisotopic (exact) mass is 423 g/mol. The van der Waals surface area contributed by atoms with Crippen molar-refractivity contribution in [3.05, 3.63) is 23.8 Å². The maximum absolute atomic E-state index is 5.81. The van der Waals surface area contributed by atoms with Crippen LogP contribution in [0.25, 0.3) is 0 Å². The molecule has 0 saturated carbocycles.